The van der Waals surface area contributed by atoms with Crippen molar-refractivity contribution in [2.24, 2.45) is 0 Å². The van der Waals surface area contributed by atoms with Crippen LogP contribution in [-0.4, -0.2) is 8.07 Å². The van der Waals surface area contributed by atoms with Gasteiger partial charge in [0.25, 0.3) is 0 Å². The quantitative estimate of drug-likeness (QED) is 0.360. The van der Waals surface area contributed by atoms with Crippen molar-refractivity contribution in [2.45, 2.75) is 26.6 Å². The summed E-state index contributed by atoms with van der Waals surface area (Å²) in [7, 11) is 3.75. The molecule has 0 fully saturated rings. The van der Waals surface area contributed by atoms with E-state index in [2.05, 4.69) is 39.6 Å². The molecule has 0 aliphatic rings. The summed E-state index contributed by atoms with van der Waals surface area (Å²) in [4.78, 5) is 0. The van der Waals surface area contributed by atoms with E-state index in [1.807, 2.05) is 0 Å². The average molecular weight is 271 g/mol. The summed E-state index contributed by atoms with van der Waals surface area (Å²) in [5, 5.41) is 1.34. The predicted octanol–water partition coefficient (Wildman–Crippen LogP) is -2.66. The van der Waals surface area contributed by atoms with Gasteiger partial charge in [-0.05, 0) is 0 Å². The summed E-state index contributed by atoms with van der Waals surface area (Å²) in [6.45, 7) is 12.9. The van der Waals surface area contributed by atoms with Gasteiger partial charge in [-0.1, -0.05) is 19.6 Å². The van der Waals surface area contributed by atoms with Gasteiger partial charge in [-0.3, -0.25) is 0 Å². The molecule has 0 saturated heterocycles. The van der Waals surface area contributed by atoms with Crippen LogP contribution in [0.2, 0.25) is 19.6 Å². The summed E-state index contributed by atoms with van der Waals surface area (Å²) < 4.78 is 0. The molecular weight excluding hydrogens is 255 g/mol. The van der Waals surface area contributed by atoms with Crippen molar-refractivity contribution in [1.82, 2.24) is 0 Å². The van der Waals surface area contributed by atoms with Crippen LogP contribution in [0.15, 0.2) is 11.3 Å². The molecule has 0 spiro atoms. The third kappa shape index (κ3) is 14.2. The molecule has 0 amide bonds. The molecular formula is C7H15Cl2LiSiZn. The molecule has 0 saturated carbocycles. The van der Waals surface area contributed by atoms with Crippen molar-refractivity contribution in [2.75, 3.05) is 0 Å². The van der Waals surface area contributed by atoms with E-state index < -0.39 is 8.07 Å². The van der Waals surface area contributed by atoms with Crippen LogP contribution in [0, 0.1) is 6.92 Å². The van der Waals surface area contributed by atoms with Gasteiger partial charge in [0.1, 0.15) is 0 Å². The third-order valence-electron chi connectivity index (χ3n) is 1.31. The summed E-state index contributed by atoms with van der Waals surface area (Å²) in [6.07, 6.45) is 2.12. The number of hydrogen-bond donors (Lipinski definition) is 0. The van der Waals surface area contributed by atoms with Crippen molar-refractivity contribution in [1.29, 1.82) is 0 Å². The molecule has 0 rings (SSSR count). The number of hydrogen-bond acceptors (Lipinski definition) is 0. The van der Waals surface area contributed by atoms with Crippen molar-refractivity contribution in [3.05, 3.63) is 18.2 Å². The molecule has 0 unspecified atom stereocenters. The molecule has 0 N–H and O–H groups in total. The van der Waals surface area contributed by atoms with E-state index in [1.54, 1.807) is 0 Å². The third-order valence-corrected chi connectivity index (χ3v) is 3.53. The Labute approximate surface area is 110 Å². The van der Waals surface area contributed by atoms with Gasteiger partial charge in [0.15, 0.2) is 0 Å². The first-order chi connectivity index (χ1) is 4.48. The number of halogens is 2. The van der Waals surface area contributed by atoms with Crippen LogP contribution in [0.5, 0.6) is 0 Å². The van der Waals surface area contributed by atoms with E-state index in [0.717, 1.165) is 17.3 Å². The van der Waals surface area contributed by atoms with Gasteiger partial charge in [-0.15, -0.1) is 6.92 Å². The maximum absolute atomic E-state index is 4.76. The Morgan fingerprint density at radius 1 is 1.33 bits per heavy atom. The second-order valence-corrected chi connectivity index (χ2v) is 8.21. The molecule has 0 aromatic heterocycles. The summed E-state index contributed by atoms with van der Waals surface area (Å²) >= 11 is 0.847. The molecule has 12 heavy (non-hydrogen) atoms. The smallest absolute Gasteiger partial charge is 1.00 e. The minimum atomic E-state index is -1.01. The Kier molecular flexibility index (Phi) is 24.7. The molecule has 0 heterocycles. The predicted molar refractivity (Wildman–Crippen MR) is 48.3 cm³/mol. The van der Waals surface area contributed by atoms with Gasteiger partial charge in [0, 0.05) is 8.07 Å². The molecule has 0 nitrogen and oxygen atoms in total. The van der Waals surface area contributed by atoms with Crippen LogP contribution < -0.4 is 31.3 Å². The van der Waals surface area contributed by atoms with Crippen molar-refractivity contribution < 1.29 is 48.6 Å². The minimum Gasteiger partial charge on any atom is 1.00 e. The van der Waals surface area contributed by atoms with E-state index in [-0.39, 0.29) is 31.3 Å². The van der Waals surface area contributed by atoms with Crippen LogP contribution in [0.25, 0.3) is 0 Å². The van der Waals surface area contributed by atoms with E-state index in [9.17, 15) is 0 Å². The Bertz CT molecular complexity index is 112. The maximum Gasteiger partial charge on any atom is 1.00 e. The standard InChI is InChI=1S/C7H15Si.2ClH.Li.Zn/c1-6-7(2)8(3,4)5;;;;/h6H,2H2,1,3-5H3;2*1H;;/q-1;;;+1;+2/p-2/b7-6+;;;;. The summed E-state index contributed by atoms with van der Waals surface area (Å²) in [5.41, 5.74) is 0. The number of rotatable bonds is 1. The largest absolute Gasteiger partial charge is 1.00 e. The summed E-state index contributed by atoms with van der Waals surface area (Å²) in [5.74, 6) is 0. The molecule has 0 aliphatic heterocycles. The normalized spacial score (nSPS) is 10.1. The van der Waals surface area contributed by atoms with E-state index in [1.165, 1.54) is 5.20 Å². The Morgan fingerprint density at radius 3 is 1.58 bits per heavy atom. The van der Waals surface area contributed by atoms with Crippen LogP contribution in [0.4, 0.5) is 0 Å². The van der Waals surface area contributed by atoms with Gasteiger partial charge in [-0.2, -0.15) is 0 Å². The molecule has 0 radical (unpaired) electrons. The van der Waals surface area contributed by atoms with Crippen molar-refractivity contribution in [3.63, 3.8) is 0 Å². The van der Waals surface area contributed by atoms with Gasteiger partial charge in [0.05, 0.1) is 0 Å². The first-order valence-corrected chi connectivity index (χ1v) is 10.6. The second-order valence-electron chi connectivity index (χ2n) is 3.06. The fourth-order valence-corrected chi connectivity index (χ4v) is 1.30. The summed E-state index contributed by atoms with van der Waals surface area (Å²) in [6, 6.07) is 0. The van der Waals surface area contributed by atoms with Crippen LogP contribution in [-0.2, 0) is 17.3 Å². The van der Waals surface area contributed by atoms with Crippen LogP contribution in [0.1, 0.15) is 6.92 Å². The first kappa shape index (κ1) is 23.4. The molecule has 0 aliphatic carbocycles. The van der Waals surface area contributed by atoms with Crippen molar-refractivity contribution in [3.8, 4) is 0 Å². The Morgan fingerprint density at radius 2 is 1.58 bits per heavy atom. The van der Waals surface area contributed by atoms with E-state index in [0.29, 0.717) is 0 Å². The Hall–Kier alpha value is 1.63. The minimum absolute atomic E-state index is 0. The molecule has 5 heteroatoms. The topological polar surface area (TPSA) is 0 Å². The van der Waals surface area contributed by atoms with E-state index in [4.69, 9.17) is 9.69 Å². The zero-order chi connectivity index (χ0) is 8.78. The van der Waals surface area contributed by atoms with Crippen LogP contribution >= 0.6 is 9.69 Å². The van der Waals surface area contributed by atoms with Gasteiger partial charge in [0.2, 0.25) is 0 Å². The fraction of sp³-hybridized carbons (Fsp3) is 0.571. The average Bonchev–Trinajstić information content (AvgIpc) is 1.89. The zero-order valence-electron chi connectivity index (χ0n) is 8.75. The monoisotopic (exact) mass is 268 g/mol. The molecule has 0 bridgehead atoms. The Balaban J connectivity index is -0.0000000740. The van der Waals surface area contributed by atoms with Gasteiger partial charge in [-0.25, -0.2) is 18.2 Å². The molecule has 0 aromatic carbocycles. The van der Waals surface area contributed by atoms with Crippen molar-refractivity contribution >= 4 is 17.8 Å². The van der Waals surface area contributed by atoms with Gasteiger partial charge >= 0.3 is 45.9 Å². The second kappa shape index (κ2) is 12.6. The SMILES string of the molecule is [CH2-]/C(=C\C)[Si](C)(C)C.[Cl-].[Cl][Zn+].[Li+]. The first-order valence-electron chi connectivity index (χ1n) is 3.24. The van der Waals surface area contributed by atoms with Crippen LogP contribution in [0.3, 0.4) is 0 Å². The maximum atomic E-state index is 4.76. The number of allylic oxidation sites excluding steroid dienone is 2. The zero-order valence-corrected chi connectivity index (χ0v) is 14.2. The molecule has 0 atom stereocenters. The molecule has 64 valence electrons. The van der Waals surface area contributed by atoms with Gasteiger partial charge < -0.3 is 12.4 Å². The molecule has 0 aromatic rings. The fourth-order valence-electron chi connectivity index (χ4n) is 0.433. The van der Waals surface area contributed by atoms with E-state index >= 15 is 0 Å².